The van der Waals surface area contributed by atoms with Gasteiger partial charge in [0.05, 0.1) is 6.42 Å². The minimum Gasteiger partial charge on any atom is -0.481 e. The van der Waals surface area contributed by atoms with Crippen LogP contribution in [-0.2, 0) is 26.1 Å². The first-order chi connectivity index (χ1) is 14.9. The molecule has 1 aliphatic heterocycles. The van der Waals surface area contributed by atoms with Crippen molar-refractivity contribution < 1.29 is 18.9 Å². The Balaban J connectivity index is 1.42. The SMILES string of the molecule is O=C(O)CCN1CCN(C(=O)CS(=O)Cc2ccc(Sc3ccc(Cl)cc3)cc2)CC1. The van der Waals surface area contributed by atoms with Gasteiger partial charge in [-0.05, 0) is 42.0 Å². The van der Waals surface area contributed by atoms with E-state index < -0.39 is 16.8 Å². The number of nitrogens with zero attached hydrogens (tertiary/aromatic N) is 2. The summed E-state index contributed by atoms with van der Waals surface area (Å²) in [6, 6.07) is 15.5. The summed E-state index contributed by atoms with van der Waals surface area (Å²) in [6.45, 7) is 2.89. The fraction of sp³-hybridized carbons (Fsp3) is 0.364. The molecule has 1 aliphatic rings. The molecule has 1 saturated heterocycles. The molecule has 0 saturated carbocycles. The lowest BCUT2D eigenvalue weighted by Gasteiger charge is -2.34. The van der Waals surface area contributed by atoms with E-state index in [1.54, 1.807) is 16.7 Å². The zero-order valence-electron chi connectivity index (χ0n) is 17.0. The molecule has 0 aromatic heterocycles. The molecule has 1 heterocycles. The Morgan fingerprint density at radius 1 is 0.968 bits per heavy atom. The van der Waals surface area contributed by atoms with Gasteiger partial charge in [-0.15, -0.1) is 0 Å². The lowest BCUT2D eigenvalue weighted by atomic mass is 10.2. The van der Waals surface area contributed by atoms with Crippen LogP contribution in [0.1, 0.15) is 12.0 Å². The number of aliphatic carboxylic acids is 1. The van der Waals surface area contributed by atoms with Crippen molar-refractivity contribution >= 4 is 46.0 Å². The third-order valence-electron chi connectivity index (χ3n) is 4.95. The highest BCUT2D eigenvalue weighted by Crippen LogP contribution is 2.28. The van der Waals surface area contributed by atoms with Gasteiger partial charge in [-0.1, -0.05) is 35.5 Å². The maximum absolute atomic E-state index is 12.5. The van der Waals surface area contributed by atoms with E-state index in [2.05, 4.69) is 0 Å². The van der Waals surface area contributed by atoms with Gasteiger partial charge in [-0.25, -0.2) is 0 Å². The predicted octanol–water partition coefficient (Wildman–Crippen LogP) is 3.36. The van der Waals surface area contributed by atoms with Crippen molar-refractivity contribution in [1.82, 2.24) is 9.80 Å². The van der Waals surface area contributed by atoms with E-state index >= 15 is 0 Å². The third-order valence-corrected chi connectivity index (χ3v) is 7.44. The van der Waals surface area contributed by atoms with Crippen molar-refractivity contribution in [3.05, 3.63) is 59.1 Å². The van der Waals surface area contributed by atoms with Gasteiger partial charge in [0, 0.05) is 64.1 Å². The molecular weight excluding hydrogens is 456 g/mol. The average molecular weight is 481 g/mol. The zero-order chi connectivity index (χ0) is 22.2. The number of halogens is 1. The van der Waals surface area contributed by atoms with Crippen molar-refractivity contribution in [1.29, 1.82) is 0 Å². The van der Waals surface area contributed by atoms with Crippen molar-refractivity contribution in [3.63, 3.8) is 0 Å². The van der Waals surface area contributed by atoms with Gasteiger partial charge in [0.25, 0.3) is 0 Å². The second kappa shape index (κ2) is 11.7. The van der Waals surface area contributed by atoms with E-state index in [1.165, 1.54) is 0 Å². The monoisotopic (exact) mass is 480 g/mol. The van der Waals surface area contributed by atoms with Crippen molar-refractivity contribution in [2.75, 3.05) is 38.5 Å². The normalized spacial score (nSPS) is 15.6. The molecule has 0 spiro atoms. The van der Waals surface area contributed by atoms with Gasteiger partial charge in [-0.2, -0.15) is 0 Å². The van der Waals surface area contributed by atoms with Crippen LogP contribution in [0.4, 0.5) is 0 Å². The molecule has 0 aliphatic carbocycles. The van der Waals surface area contributed by atoms with Gasteiger partial charge in [-0.3, -0.25) is 18.7 Å². The van der Waals surface area contributed by atoms with Crippen LogP contribution in [0.15, 0.2) is 58.3 Å². The standard InChI is InChI=1S/C22H25ClN2O4S2/c23-18-3-7-20(8-4-18)30-19-5-1-17(2-6-19)15-31(29)16-21(26)25-13-11-24(12-14-25)10-9-22(27)28/h1-8H,9-16H2,(H,27,28). The number of rotatable bonds is 9. The van der Waals surface area contributed by atoms with Gasteiger partial charge < -0.3 is 10.0 Å². The average Bonchev–Trinajstić information content (AvgIpc) is 2.75. The van der Waals surface area contributed by atoms with Gasteiger partial charge in [0.2, 0.25) is 5.91 Å². The first-order valence-corrected chi connectivity index (χ1v) is 12.7. The smallest absolute Gasteiger partial charge is 0.304 e. The summed E-state index contributed by atoms with van der Waals surface area (Å²) in [4.78, 5) is 29.1. The number of carbonyl (C=O) groups is 2. The number of hydrogen-bond donors (Lipinski definition) is 1. The predicted molar refractivity (Wildman–Crippen MR) is 124 cm³/mol. The Hall–Kier alpha value is -1.87. The molecule has 1 atom stereocenters. The molecule has 1 N–H and O–H groups in total. The fourth-order valence-electron chi connectivity index (χ4n) is 3.23. The van der Waals surface area contributed by atoms with Crippen LogP contribution in [0.2, 0.25) is 5.02 Å². The quantitative estimate of drug-likeness (QED) is 0.593. The minimum absolute atomic E-state index is 0.0103. The van der Waals surface area contributed by atoms with Gasteiger partial charge in [0.15, 0.2) is 0 Å². The van der Waals surface area contributed by atoms with E-state index in [9.17, 15) is 13.8 Å². The summed E-state index contributed by atoms with van der Waals surface area (Å²) < 4.78 is 12.5. The molecule has 2 aromatic carbocycles. The lowest BCUT2D eigenvalue weighted by Crippen LogP contribution is -2.50. The number of carboxylic acid groups (broad SMARTS) is 1. The Bertz CT molecular complexity index is 914. The topological polar surface area (TPSA) is 77.9 Å². The van der Waals surface area contributed by atoms with E-state index in [4.69, 9.17) is 16.7 Å². The molecule has 166 valence electrons. The molecule has 9 heteroatoms. The highest BCUT2D eigenvalue weighted by atomic mass is 35.5. The molecule has 31 heavy (non-hydrogen) atoms. The van der Waals surface area contributed by atoms with E-state index in [-0.39, 0.29) is 18.1 Å². The van der Waals surface area contributed by atoms with Crippen LogP contribution in [0.3, 0.4) is 0 Å². The number of hydrogen-bond acceptors (Lipinski definition) is 5. The Morgan fingerprint density at radius 3 is 2.13 bits per heavy atom. The molecule has 0 bridgehead atoms. The Morgan fingerprint density at radius 2 is 1.55 bits per heavy atom. The molecule has 1 unspecified atom stereocenters. The third kappa shape index (κ3) is 7.96. The van der Waals surface area contributed by atoms with Gasteiger partial charge in [0.1, 0.15) is 5.75 Å². The highest BCUT2D eigenvalue weighted by molar-refractivity contribution is 7.99. The Kier molecular flexibility index (Phi) is 8.95. The van der Waals surface area contributed by atoms with Crippen molar-refractivity contribution in [2.24, 2.45) is 0 Å². The van der Waals surface area contributed by atoms with Crippen LogP contribution < -0.4 is 0 Å². The van der Waals surface area contributed by atoms with Crippen LogP contribution in [0.25, 0.3) is 0 Å². The highest BCUT2D eigenvalue weighted by Gasteiger charge is 2.22. The molecule has 0 radical (unpaired) electrons. The van der Waals surface area contributed by atoms with Crippen LogP contribution in [0, 0.1) is 0 Å². The number of carboxylic acids is 1. The zero-order valence-corrected chi connectivity index (χ0v) is 19.4. The maximum atomic E-state index is 12.5. The first kappa shape index (κ1) is 23.8. The fourth-order valence-corrected chi connectivity index (χ4v) is 5.30. The molecule has 1 fully saturated rings. The molecule has 6 nitrogen and oxygen atoms in total. The number of piperazine rings is 1. The first-order valence-electron chi connectivity index (χ1n) is 9.98. The number of benzene rings is 2. The lowest BCUT2D eigenvalue weighted by molar-refractivity contribution is -0.138. The van der Waals surface area contributed by atoms with E-state index in [0.717, 1.165) is 15.4 Å². The summed E-state index contributed by atoms with van der Waals surface area (Å²) in [5, 5.41) is 9.47. The summed E-state index contributed by atoms with van der Waals surface area (Å²) in [5.41, 5.74) is 0.935. The van der Waals surface area contributed by atoms with Crippen molar-refractivity contribution in [2.45, 2.75) is 22.0 Å². The summed E-state index contributed by atoms with van der Waals surface area (Å²) >= 11 is 7.54. The van der Waals surface area contributed by atoms with Crippen LogP contribution in [0.5, 0.6) is 0 Å². The molecule has 2 aromatic rings. The van der Waals surface area contributed by atoms with Crippen LogP contribution in [-0.4, -0.2) is 69.5 Å². The Labute approximate surface area is 194 Å². The van der Waals surface area contributed by atoms with E-state index in [1.807, 2.05) is 53.4 Å². The van der Waals surface area contributed by atoms with Crippen molar-refractivity contribution in [3.8, 4) is 0 Å². The largest absolute Gasteiger partial charge is 0.481 e. The molecular formula is C22H25ClN2O4S2. The van der Waals surface area contributed by atoms with E-state index in [0.29, 0.717) is 43.5 Å². The second-order valence-electron chi connectivity index (χ2n) is 7.29. The van der Waals surface area contributed by atoms with Crippen LogP contribution >= 0.6 is 23.4 Å². The van der Waals surface area contributed by atoms with Gasteiger partial charge >= 0.3 is 5.97 Å². The minimum atomic E-state index is -1.27. The maximum Gasteiger partial charge on any atom is 0.304 e. The molecule has 3 rings (SSSR count). The second-order valence-corrected chi connectivity index (χ2v) is 10.3. The number of amides is 1. The summed E-state index contributed by atoms with van der Waals surface area (Å²) in [7, 11) is -1.27. The summed E-state index contributed by atoms with van der Waals surface area (Å²) in [5.74, 6) is -0.566. The molecule has 1 amide bonds. The number of carbonyl (C=O) groups excluding carboxylic acids is 1. The summed E-state index contributed by atoms with van der Waals surface area (Å²) in [6.07, 6.45) is 0.106.